The monoisotopic (exact) mass is 424 g/mol. The number of hydrogen-bond acceptors (Lipinski definition) is 5. The minimum Gasteiger partial charge on any atom is -0.496 e. The molecule has 1 aliphatic rings. The van der Waals surface area contributed by atoms with Gasteiger partial charge in [0.1, 0.15) is 5.75 Å². The lowest BCUT2D eigenvalue weighted by Gasteiger charge is -2.24. The van der Waals surface area contributed by atoms with Crippen LogP contribution >= 0.6 is 23.3 Å². The van der Waals surface area contributed by atoms with Crippen molar-refractivity contribution in [3.8, 4) is 5.75 Å². The number of carbonyl (C=O) groups excluding carboxylic acids is 1. The second-order valence-electron chi connectivity index (χ2n) is 6.89. The Morgan fingerprint density at radius 3 is 2.59 bits per heavy atom. The van der Waals surface area contributed by atoms with Gasteiger partial charge in [-0.25, -0.2) is 0 Å². The van der Waals surface area contributed by atoms with E-state index in [1.807, 2.05) is 64.7 Å². The lowest BCUT2D eigenvalue weighted by Crippen LogP contribution is -2.30. The third-order valence-electron chi connectivity index (χ3n) is 4.92. The van der Waals surface area contributed by atoms with E-state index in [0.717, 1.165) is 23.6 Å². The molecule has 0 radical (unpaired) electrons. The summed E-state index contributed by atoms with van der Waals surface area (Å²) >= 11 is 3.52. The standard InChI is InChI=1S/C23H24N2O2S2/c1-27-22-8-3-2-6-19(22)16-24(17-21-7-4-14-28-21)23(26)18-9-11-20(12-10-18)25-13-5-15-29-25/h2-4,6-12,14H,5,13,15-17H2,1H3. The highest BCUT2D eigenvalue weighted by Gasteiger charge is 2.20. The molecule has 0 spiro atoms. The molecule has 4 nitrogen and oxygen atoms in total. The highest BCUT2D eigenvalue weighted by Crippen LogP contribution is 2.29. The minimum atomic E-state index is 0.0323. The number of methoxy groups -OCH3 is 1. The van der Waals surface area contributed by atoms with Gasteiger partial charge in [-0.1, -0.05) is 24.3 Å². The fourth-order valence-electron chi connectivity index (χ4n) is 3.43. The fourth-order valence-corrected chi connectivity index (χ4v) is 5.16. The molecule has 150 valence electrons. The highest BCUT2D eigenvalue weighted by atomic mass is 32.2. The summed E-state index contributed by atoms with van der Waals surface area (Å²) in [5.41, 5.74) is 2.88. The summed E-state index contributed by atoms with van der Waals surface area (Å²) < 4.78 is 7.79. The van der Waals surface area contributed by atoms with Crippen molar-refractivity contribution in [2.45, 2.75) is 19.5 Å². The quantitative estimate of drug-likeness (QED) is 0.472. The zero-order valence-electron chi connectivity index (χ0n) is 16.4. The predicted octanol–water partition coefficient (Wildman–Crippen LogP) is 5.46. The van der Waals surface area contributed by atoms with Gasteiger partial charge in [0.25, 0.3) is 5.91 Å². The van der Waals surface area contributed by atoms with Crippen molar-refractivity contribution in [2.24, 2.45) is 0 Å². The van der Waals surface area contributed by atoms with E-state index >= 15 is 0 Å². The Kier molecular flexibility index (Phi) is 6.42. The first-order chi connectivity index (χ1) is 14.2. The van der Waals surface area contributed by atoms with Crippen LogP contribution in [0.5, 0.6) is 5.75 Å². The molecule has 2 heterocycles. The topological polar surface area (TPSA) is 32.8 Å². The van der Waals surface area contributed by atoms with Crippen LogP contribution in [0.2, 0.25) is 0 Å². The Bertz CT molecular complexity index is 936. The van der Waals surface area contributed by atoms with Crippen LogP contribution in [0, 0.1) is 0 Å². The van der Waals surface area contributed by atoms with E-state index in [-0.39, 0.29) is 5.91 Å². The van der Waals surface area contributed by atoms with Crippen LogP contribution in [0.3, 0.4) is 0 Å². The molecule has 0 atom stereocenters. The number of carbonyl (C=O) groups is 1. The molecular formula is C23H24N2O2S2. The van der Waals surface area contributed by atoms with Gasteiger partial charge in [-0.3, -0.25) is 4.79 Å². The molecule has 0 unspecified atom stereocenters. The molecule has 2 aromatic carbocycles. The largest absolute Gasteiger partial charge is 0.496 e. The second kappa shape index (κ2) is 9.37. The van der Waals surface area contributed by atoms with Gasteiger partial charge in [-0.05, 0) is 60.1 Å². The van der Waals surface area contributed by atoms with E-state index in [9.17, 15) is 4.79 Å². The summed E-state index contributed by atoms with van der Waals surface area (Å²) in [5.74, 6) is 2.00. The molecule has 0 saturated carbocycles. The Morgan fingerprint density at radius 2 is 1.90 bits per heavy atom. The predicted molar refractivity (Wildman–Crippen MR) is 122 cm³/mol. The van der Waals surface area contributed by atoms with E-state index in [2.05, 4.69) is 22.5 Å². The van der Waals surface area contributed by atoms with Gasteiger partial charge >= 0.3 is 0 Å². The van der Waals surface area contributed by atoms with Gasteiger partial charge in [-0.15, -0.1) is 11.3 Å². The van der Waals surface area contributed by atoms with Crippen LogP contribution in [-0.2, 0) is 13.1 Å². The normalized spacial score (nSPS) is 13.5. The maximum absolute atomic E-state index is 13.4. The van der Waals surface area contributed by atoms with E-state index < -0.39 is 0 Å². The number of amides is 1. The number of benzene rings is 2. The van der Waals surface area contributed by atoms with E-state index in [4.69, 9.17) is 4.74 Å². The highest BCUT2D eigenvalue weighted by molar-refractivity contribution is 8.00. The fraction of sp³-hybridized carbons (Fsp3) is 0.261. The Morgan fingerprint density at radius 1 is 1.07 bits per heavy atom. The zero-order chi connectivity index (χ0) is 20.1. The van der Waals surface area contributed by atoms with Crippen molar-refractivity contribution < 1.29 is 9.53 Å². The van der Waals surface area contributed by atoms with Crippen molar-refractivity contribution in [1.82, 2.24) is 4.90 Å². The Labute approximate surface area is 180 Å². The number of rotatable bonds is 7. The van der Waals surface area contributed by atoms with E-state index in [1.54, 1.807) is 18.4 Å². The third kappa shape index (κ3) is 4.77. The maximum atomic E-state index is 13.4. The number of ether oxygens (including phenoxy) is 1. The van der Waals surface area contributed by atoms with Crippen molar-refractivity contribution in [3.05, 3.63) is 82.0 Å². The average Bonchev–Trinajstić information content (AvgIpc) is 3.48. The van der Waals surface area contributed by atoms with Gasteiger partial charge in [0.2, 0.25) is 0 Å². The van der Waals surface area contributed by atoms with Gasteiger partial charge in [0, 0.05) is 34.0 Å². The lowest BCUT2D eigenvalue weighted by molar-refractivity contribution is 0.0730. The van der Waals surface area contributed by atoms with Crippen LogP contribution in [-0.4, -0.2) is 30.2 Å². The summed E-state index contributed by atoms with van der Waals surface area (Å²) in [6.45, 7) is 2.15. The number of thiophene rings is 1. The van der Waals surface area contributed by atoms with E-state index in [0.29, 0.717) is 18.7 Å². The molecule has 1 aliphatic heterocycles. The molecule has 0 bridgehead atoms. The third-order valence-corrected chi connectivity index (χ3v) is 6.96. The molecule has 6 heteroatoms. The van der Waals surface area contributed by atoms with Crippen molar-refractivity contribution in [1.29, 1.82) is 0 Å². The van der Waals surface area contributed by atoms with Gasteiger partial charge < -0.3 is 13.9 Å². The molecule has 1 fully saturated rings. The van der Waals surface area contributed by atoms with Crippen LogP contribution in [0.15, 0.2) is 66.0 Å². The molecule has 3 aromatic rings. The van der Waals surface area contributed by atoms with Gasteiger partial charge in [0.15, 0.2) is 0 Å². The van der Waals surface area contributed by atoms with E-state index in [1.165, 1.54) is 17.0 Å². The summed E-state index contributed by atoms with van der Waals surface area (Å²) in [6.07, 6.45) is 1.21. The number of nitrogens with zero attached hydrogens (tertiary/aromatic N) is 2. The van der Waals surface area contributed by atoms with Crippen LogP contribution < -0.4 is 9.04 Å². The van der Waals surface area contributed by atoms with Crippen LogP contribution in [0.25, 0.3) is 0 Å². The van der Waals surface area contributed by atoms with Crippen LogP contribution in [0.4, 0.5) is 5.69 Å². The first-order valence-corrected chi connectivity index (χ1v) is 11.5. The average molecular weight is 425 g/mol. The molecule has 1 saturated heterocycles. The molecule has 1 aromatic heterocycles. The summed E-state index contributed by atoms with van der Waals surface area (Å²) in [6, 6.07) is 20.0. The molecule has 1 amide bonds. The smallest absolute Gasteiger partial charge is 0.254 e. The summed E-state index contributed by atoms with van der Waals surface area (Å²) in [5, 5.41) is 2.05. The SMILES string of the molecule is COc1ccccc1CN(Cc1cccs1)C(=O)c1ccc(N2CCCS2)cc1. The van der Waals surface area contributed by atoms with Crippen LogP contribution in [0.1, 0.15) is 27.2 Å². The summed E-state index contributed by atoms with van der Waals surface area (Å²) in [4.78, 5) is 16.4. The first kappa shape index (κ1) is 19.9. The Balaban J connectivity index is 1.57. The number of anilines is 1. The summed E-state index contributed by atoms with van der Waals surface area (Å²) in [7, 11) is 1.67. The zero-order valence-corrected chi connectivity index (χ0v) is 18.0. The molecule has 0 N–H and O–H groups in total. The van der Waals surface area contributed by atoms with Crippen molar-refractivity contribution in [2.75, 3.05) is 23.7 Å². The van der Waals surface area contributed by atoms with Gasteiger partial charge in [0.05, 0.1) is 20.2 Å². The maximum Gasteiger partial charge on any atom is 0.254 e. The molecule has 4 rings (SSSR count). The number of para-hydroxylation sites is 1. The Hall–Kier alpha value is -2.44. The molecular weight excluding hydrogens is 400 g/mol. The number of hydrogen-bond donors (Lipinski definition) is 0. The van der Waals surface area contributed by atoms with Crippen molar-refractivity contribution in [3.63, 3.8) is 0 Å². The first-order valence-electron chi connectivity index (χ1n) is 9.68. The van der Waals surface area contributed by atoms with Gasteiger partial charge in [-0.2, -0.15) is 0 Å². The molecule has 29 heavy (non-hydrogen) atoms. The lowest BCUT2D eigenvalue weighted by atomic mass is 10.1. The minimum absolute atomic E-state index is 0.0323. The molecule has 0 aliphatic carbocycles. The second-order valence-corrected chi connectivity index (χ2v) is 9.03. The van der Waals surface area contributed by atoms with Crippen molar-refractivity contribution >= 4 is 34.9 Å².